The van der Waals surface area contributed by atoms with E-state index in [1.165, 1.54) is 0 Å². The Morgan fingerprint density at radius 3 is 2.14 bits per heavy atom. The molecule has 0 radical (unpaired) electrons. The van der Waals surface area contributed by atoms with Gasteiger partial charge in [0.05, 0.1) is 0 Å². The van der Waals surface area contributed by atoms with Gasteiger partial charge in [-0.25, -0.2) is 13.2 Å². The zero-order chi connectivity index (χ0) is 15.4. The highest BCUT2D eigenvalue weighted by Gasteiger charge is 2.09. The van der Waals surface area contributed by atoms with Crippen LogP contribution in [0.2, 0.25) is 0 Å². The molecule has 0 amide bonds. The fourth-order valence-electron chi connectivity index (χ4n) is 1.72. The Morgan fingerprint density at radius 1 is 1.05 bits per heavy atom. The first kappa shape index (κ1) is 15.4. The van der Waals surface area contributed by atoms with Crippen LogP contribution < -0.4 is 0 Å². The predicted molar refractivity (Wildman–Crippen MR) is 77.9 cm³/mol. The summed E-state index contributed by atoms with van der Waals surface area (Å²) in [5.74, 6) is -3.48. The van der Waals surface area contributed by atoms with E-state index in [1.807, 2.05) is 6.26 Å². The topological polar surface area (TPSA) is 17.1 Å². The van der Waals surface area contributed by atoms with Crippen LogP contribution in [-0.2, 0) is 0 Å². The minimum absolute atomic E-state index is 0.384. The summed E-state index contributed by atoms with van der Waals surface area (Å²) in [6.07, 6.45) is 3.99. The molecule has 2 rings (SSSR count). The number of halogens is 3. The Balaban J connectivity index is 2.22. The molecule has 0 aliphatic heterocycles. The van der Waals surface area contributed by atoms with Crippen LogP contribution >= 0.6 is 11.8 Å². The van der Waals surface area contributed by atoms with Gasteiger partial charge < -0.3 is 0 Å². The number of ketones is 1. The molecular formula is C16H11F3OS. The predicted octanol–water partition coefficient (Wildman–Crippen LogP) is 4.72. The van der Waals surface area contributed by atoms with Gasteiger partial charge in [0.25, 0.3) is 0 Å². The lowest BCUT2D eigenvalue weighted by Crippen LogP contribution is -1.95. The average Bonchev–Trinajstić information content (AvgIpc) is 2.46. The molecule has 5 heteroatoms. The van der Waals surface area contributed by atoms with Crippen LogP contribution in [0.5, 0.6) is 0 Å². The molecule has 0 atom stereocenters. The molecule has 0 heterocycles. The maximum absolute atomic E-state index is 13.4. The van der Waals surface area contributed by atoms with Crippen molar-refractivity contribution in [1.82, 2.24) is 0 Å². The van der Waals surface area contributed by atoms with Gasteiger partial charge in [-0.15, -0.1) is 11.8 Å². The minimum atomic E-state index is -1.05. The summed E-state index contributed by atoms with van der Waals surface area (Å²) in [4.78, 5) is 12.9. The third-order valence-electron chi connectivity index (χ3n) is 2.82. The Hall–Kier alpha value is -2.01. The van der Waals surface area contributed by atoms with Crippen molar-refractivity contribution in [1.29, 1.82) is 0 Å². The summed E-state index contributed by atoms with van der Waals surface area (Å²) in [6.45, 7) is 0. The summed E-state index contributed by atoms with van der Waals surface area (Å²) in [5.41, 5.74) is -0.0301. The maximum Gasteiger partial charge on any atom is 0.185 e. The molecule has 2 aromatic carbocycles. The molecule has 108 valence electrons. The van der Waals surface area contributed by atoms with Crippen molar-refractivity contribution in [2.75, 3.05) is 6.26 Å². The zero-order valence-corrected chi connectivity index (χ0v) is 11.9. The van der Waals surface area contributed by atoms with Gasteiger partial charge in [0.1, 0.15) is 17.5 Å². The van der Waals surface area contributed by atoms with E-state index in [9.17, 15) is 18.0 Å². The molecule has 0 aliphatic rings. The first-order valence-corrected chi connectivity index (χ1v) is 7.24. The lowest BCUT2D eigenvalue weighted by atomic mass is 10.1. The first-order chi connectivity index (χ1) is 10.0. The van der Waals surface area contributed by atoms with Crippen LogP contribution in [-0.4, -0.2) is 12.0 Å². The number of benzene rings is 2. The minimum Gasteiger partial charge on any atom is -0.289 e. The van der Waals surface area contributed by atoms with Crippen LogP contribution in [0.25, 0.3) is 6.08 Å². The Kier molecular flexibility index (Phi) is 4.85. The molecule has 0 saturated carbocycles. The SMILES string of the molecule is CSc1ccc(C(=O)/C=C/c2c(F)cc(F)cc2F)cc1. The lowest BCUT2D eigenvalue weighted by Gasteiger charge is -2.01. The Morgan fingerprint density at radius 2 is 1.62 bits per heavy atom. The molecule has 2 aromatic rings. The van der Waals surface area contributed by atoms with Crippen LogP contribution in [0, 0.1) is 17.5 Å². The zero-order valence-electron chi connectivity index (χ0n) is 11.1. The molecule has 0 fully saturated rings. The number of rotatable bonds is 4. The molecule has 0 unspecified atom stereocenters. The third kappa shape index (κ3) is 3.76. The average molecular weight is 308 g/mol. The van der Waals surface area contributed by atoms with Crippen molar-refractivity contribution in [2.45, 2.75) is 4.90 Å². The molecule has 21 heavy (non-hydrogen) atoms. The van der Waals surface area contributed by atoms with Crippen LogP contribution in [0.1, 0.15) is 15.9 Å². The fraction of sp³-hybridized carbons (Fsp3) is 0.0625. The largest absolute Gasteiger partial charge is 0.289 e. The van der Waals surface area contributed by atoms with Gasteiger partial charge in [-0.1, -0.05) is 0 Å². The van der Waals surface area contributed by atoms with E-state index >= 15 is 0 Å². The van der Waals surface area contributed by atoms with Crippen LogP contribution in [0.15, 0.2) is 47.4 Å². The summed E-state index contributed by atoms with van der Waals surface area (Å²) in [7, 11) is 0. The van der Waals surface area contributed by atoms with Gasteiger partial charge >= 0.3 is 0 Å². The van der Waals surface area contributed by atoms with E-state index in [4.69, 9.17) is 0 Å². The number of thioether (sulfide) groups is 1. The molecule has 0 saturated heterocycles. The van der Waals surface area contributed by atoms with Gasteiger partial charge in [0.2, 0.25) is 0 Å². The molecule has 0 aliphatic carbocycles. The van der Waals surface area contributed by atoms with Gasteiger partial charge in [0.15, 0.2) is 5.78 Å². The number of carbonyl (C=O) groups excluding carboxylic acids is 1. The second kappa shape index (κ2) is 6.63. The van der Waals surface area contributed by atoms with Crippen molar-refractivity contribution in [3.05, 3.63) is 71.1 Å². The molecule has 0 bridgehead atoms. The van der Waals surface area contributed by atoms with E-state index in [0.29, 0.717) is 17.7 Å². The van der Waals surface area contributed by atoms with Crippen molar-refractivity contribution in [3.8, 4) is 0 Å². The van der Waals surface area contributed by atoms with Crippen LogP contribution in [0.3, 0.4) is 0 Å². The van der Waals surface area contributed by atoms with E-state index in [1.54, 1.807) is 36.0 Å². The first-order valence-electron chi connectivity index (χ1n) is 6.02. The van der Waals surface area contributed by atoms with Crippen molar-refractivity contribution < 1.29 is 18.0 Å². The summed E-state index contributed by atoms with van der Waals surface area (Å²) in [5, 5.41) is 0. The van der Waals surface area contributed by atoms with Crippen molar-refractivity contribution >= 4 is 23.6 Å². The summed E-state index contributed by atoms with van der Waals surface area (Å²) >= 11 is 1.54. The van der Waals surface area contributed by atoms with Gasteiger partial charge in [0, 0.05) is 28.2 Å². The Labute approximate surface area is 124 Å². The molecule has 0 N–H and O–H groups in total. The standard InChI is InChI=1S/C16H11F3OS/c1-21-12-4-2-10(3-5-12)16(20)7-6-13-14(18)8-11(17)9-15(13)19/h2-9H,1H3/b7-6+. The van der Waals surface area contributed by atoms with Crippen molar-refractivity contribution in [2.24, 2.45) is 0 Å². The Bertz CT molecular complexity index is 670. The van der Waals surface area contributed by atoms with Gasteiger partial charge in [-0.05, 0) is 42.7 Å². The normalized spacial score (nSPS) is 11.0. The molecular weight excluding hydrogens is 297 g/mol. The maximum atomic E-state index is 13.4. The summed E-state index contributed by atoms with van der Waals surface area (Å²) < 4.78 is 39.6. The van der Waals surface area contributed by atoms with E-state index < -0.39 is 23.0 Å². The highest BCUT2D eigenvalue weighted by Crippen LogP contribution is 2.18. The fourth-order valence-corrected chi connectivity index (χ4v) is 2.13. The number of hydrogen-bond acceptors (Lipinski definition) is 2. The van der Waals surface area contributed by atoms with E-state index in [-0.39, 0.29) is 5.78 Å². The second-order valence-electron chi connectivity index (χ2n) is 4.21. The van der Waals surface area contributed by atoms with E-state index in [0.717, 1.165) is 17.0 Å². The lowest BCUT2D eigenvalue weighted by molar-refractivity contribution is 0.104. The number of carbonyl (C=O) groups is 1. The third-order valence-corrected chi connectivity index (χ3v) is 3.56. The number of allylic oxidation sites excluding steroid dienone is 1. The molecule has 0 spiro atoms. The van der Waals surface area contributed by atoms with Gasteiger partial charge in [-0.3, -0.25) is 4.79 Å². The van der Waals surface area contributed by atoms with E-state index in [2.05, 4.69) is 0 Å². The smallest absolute Gasteiger partial charge is 0.185 e. The summed E-state index contributed by atoms with van der Waals surface area (Å²) in [6, 6.07) is 7.97. The highest BCUT2D eigenvalue weighted by atomic mass is 32.2. The monoisotopic (exact) mass is 308 g/mol. The number of hydrogen-bond donors (Lipinski definition) is 0. The molecule has 0 aromatic heterocycles. The van der Waals surface area contributed by atoms with Crippen LogP contribution in [0.4, 0.5) is 13.2 Å². The van der Waals surface area contributed by atoms with Crippen molar-refractivity contribution in [3.63, 3.8) is 0 Å². The molecule has 1 nitrogen and oxygen atoms in total. The second-order valence-corrected chi connectivity index (χ2v) is 5.09. The highest BCUT2D eigenvalue weighted by molar-refractivity contribution is 7.98. The van der Waals surface area contributed by atoms with Gasteiger partial charge in [-0.2, -0.15) is 0 Å². The quantitative estimate of drug-likeness (QED) is 0.462.